The third-order valence-electron chi connectivity index (χ3n) is 4.94. The lowest BCUT2D eigenvalue weighted by Gasteiger charge is -2.52. The Kier molecular flexibility index (Phi) is 4.76. The average molecular weight is 443 g/mol. The number of rotatable bonds is 1. The Morgan fingerprint density at radius 2 is 1.55 bits per heavy atom. The Hall–Kier alpha value is -2.50. The van der Waals surface area contributed by atoms with Gasteiger partial charge in [-0.15, -0.1) is 0 Å². The molecule has 0 aliphatic carbocycles. The summed E-state index contributed by atoms with van der Waals surface area (Å²) in [7, 11) is 1.79. The molecular weight excluding hydrogens is 430 g/mol. The number of benzene rings is 1. The molecule has 2 atom stereocenters. The molecule has 1 fully saturated rings. The van der Waals surface area contributed by atoms with Crippen LogP contribution < -0.4 is 5.32 Å². The van der Waals surface area contributed by atoms with Crippen molar-refractivity contribution in [1.82, 2.24) is 15.1 Å². The fourth-order valence-corrected chi connectivity index (χ4v) is 3.54. The fraction of sp³-hybridized carbons (Fsp3) is 0.438. The molecule has 0 saturated carbocycles. The second kappa shape index (κ2) is 6.51. The zero-order valence-corrected chi connectivity index (χ0v) is 15.5. The number of nitrogens with one attached hydrogen (secondary N) is 1. The molecule has 2 unspecified atom stereocenters. The minimum absolute atomic E-state index is 0.127. The van der Waals surface area contributed by atoms with Gasteiger partial charge in [0, 0.05) is 24.7 Å². The van der Waals surface area contributed by atoms with E-state index in [4.69, 9.17) is 11.6 Å². The van der Waals surface area contributed by atoms with Crippen molar-refractivity contribution in [3.8, 4) is 0 Å². The van der Waals surface area contributed by atoms with Gasteiger partial charge in [-0.2, -0.15) is 26.3 Å². The molecule has 1 aromatic rings. The van der Waals surface area contributed by atoms with Gasteiger partial charge in [-0.1, -0.05) is 11.6 Å². The van der Waals surface area contributed by atoms with E-state index in [-0.39, 0.29) is 15.5 Å². The summed E-state index contributed by atoms with van der Waals surface area (Å²) in [5.74, 6) is -5.18. The van der Waals surface area contributed by atoms with Crippen LogP contribution in [0.15, 0.2) is 29.3 Å². The van der Waals surface area contributed by atoms with Gasteiger partial charge in [0.1, 0.15) is 17.9 Å². The van der Waals surface area contributed by atoms with Crippen molar-refractivity contribution in [2.75, 3.05) is 14.1 Å². The van der Waals surface area contributed by atoms with Crippen molar-refractivity contribution in [2.24, 2.45) is 10.9 Å². The van der Waals surface area contributed by atoms with E-state index in [9.17, 15) is 35.9 Å². The van der Waals surface area contributed by atoms with Gasteiger partial charge in [0.25, 0.3) is 0 Å². The Morgan fingerprint density at radius 1 is 1.03 bits per heavy atom. The minimum atomic E-state index is -5.94. The number of amidine groups is 1. The monoisotopic (exact) mass is 442 g/mol. The van der Waals surface area contributed by atoms with E-state index in [1.54, 1.807) is 0 Å². The minimum Gasteiger partial charge on any atom is -0.348 e. The van der Waals surface area contributed by atoms with Crippen molar-refractivity contribution >= 4 is 29.4 Å². The van der Waals surface area contributed by atoms with Crippen LogP contribution in [0.3, 0.4) is 0 Å². The molecule has 1 saturated heterocycles. The van der Waals surface area contributed by atoms with Crippen LogP contribution in [0.25, 0.3) is 0 Å². The molecule has 29 heavy (non-hydrogen) atoms. The van der Waals surface area contributed by atoms with E-state index >= 15 is 0 Å². The smallest absolute Gasteiger partial charge is 0.348 e. The molecule has 158 valence electrons. The molecular formula is C16H13ClF6N4O2. The molecule has 0 spiro atoms. The first-order valence-electron chi connectivity index (χ1n) is 8.02. The summed E-state index contributed by atoms with van der Waals surface area (Å²) in [6.07, 6.45) is -13.9. The Labute approximate surface area is 165 Å². The summed E-state index contributed by atoms with van der Waals surface area (Å²) in [5, 5.41) is 1.64. The average Bonchev–Trinajstić information content (AvgIpc) is 2.62. The third-order valence-corrected chi connectivity index (χ3v) is 5.19. The first-order valence-corrected chi connectivity index (χ1v) is 8.40. The molecule has 1 aromatic carbocycles. The van der Waals surface area contributed by atoms with E-state index in [2.05, 4.69) is 4.99 Å². The third kappa shape index (κ3) is 3.00. The van der Waals surface area contributed by atoms with E-state index in [0.29, 0.717) is 4.90 Å². The van der Waals surface area contributed by atoms with Gasteiger partial charge in [0.05, 0.1) is 0 Å². The highest BCUT2D eigenvalue weighted by Gasteiger charge is 2.80. The van der Waals surface area contributed by atoms with Crippen LogP contribution >= 0.6 is 11.6 Å². The van der Waals surface area contributed by atoms with E-state index in [1.165, 1.54) is 29.6 Å². The van der Waals surface area contributed by atoms with E-state index in [0.717, 1.165) is 14.1 Å². The molecule has 0 aromatic heterocycles. The molecule has 2 aliphatic rings. The second-order valence-electron chi connectivity index (χ2n) is 6.60. The number of carbonyl (C=O) groups excluding carboxylic acids is 2. The second-order valence-corrected chi connectivity index (χ2v) is 7.03. The summed E-state index contributed by atoms with van der Waals surface area (Å²) in [6, 6.07) is 3.78. The first kappa shape index (κ1) is 21.2. The Bertz CT molecular complexity index is 869. The number of urea groups is 1. The predicted octanol–water partition coefficient (Wildman–Crippen LogP) is 3.02. The standard InChI is InChI=1S/C16H13ClF6N4O2/c1-26-11-9(12(28)27(2)13(26)29)14(15(18,19)20,16(21,22)23)25-10(24-11)7-3-5-8(17)6-4-7/h3-6,9,11H,1-2H3,(H,24,25). The molecule has 3 amide bonds. The van der Waals surface area contributed by atoms with Crippen LogP contribution in [0.4, 0.5) is 31.1 Å². The maximum atomic E-state index is 14.0. The number of imide groups is 1. The number of alkyl halides is 6. The van der Waals surface area contributed by atoms with E-state index < -0.39 is 47.7 Å². The van der Waals surface area contributed by atoms with Crippen molar-refractivity contribution < 1.29 is 35.9 Å². The number of hydrogen-bond donors (Lipinski definition) is 1. The molecule has 2 heterocycles. The number of aliphatic imine (C=N–C) groups is 1. The topological polar surface area (TPSA) is 65.0 Å². The summed E-state index contributed by atoms with van der Waals surface area (Å²) in [5.41, 5.74) is -4.79. The summed E-state index contributed by atoms with van der Waals surface area (Å²) in [4.78, 5) is 29.3. The van der Waals surface area contributed by atoms with Gasteiger partial charge in [-0.3, -0.25) is 9.69 Å². The summed E-state index contributed by atoms with van der Waals surface area (Å²) >= 11 is 5.72. The SMILES string of the molecule is CN1C(=O)C2C(N=C(c3ccc(Cl)cc3)NC2(C(F)(F)F)C(F)(F)F)N(C)C1=O. The normalized spacial score (nSPS) is 24.8. The molecule has 0 bridgehead atoms. The summed E-state index contributed by atoms with van der Waals surface area (Å²) in [6.45, 7) is 0. The molecule has 2 aliphatic heterocycles. The number of amides is 3. The van der Waals surface area contributed by atoms with Crippen molar-refractivity contribution in [2.45, 2.75) is 24.1 Å². The summed E-state index contributed by atoms with van der Waals surface area (Å²) < 4.78 is 84.0. The molecule has 3 rings (SSSR count). The van der Waals surface area contributed by atoms with Crippen molar-refractivity contribution in [3.05, 3.63) is 34.9 Å². The number of nitrogens with zero attached hydrogens (tertiary/aromatic N) is 3. The maximum absolute atomic E-state index is 14.0. The van der Waals surface area contributed by atoms with Crippen molar-refractivity contribution in [1.29, 1.82) is 0 Å². The zero-order valence-electron chi connectivity index (χ0n) is 14.8. The highest BCUT2D eigenvalue weighted by atomic mass is 35.5. The van der Waals surface area contributed by atoms with Crippen LogP contribution in [-0.2, 0) is 4.79 Å². The van der Waals surface area contributed by atoms with Gasteiger partial charge in [-0.05, 0) is 24.3 Å². The van der Waals surface area contributed by atoms with Gasteiger partial charge in [0.15, 0.2) is 0 Å². The van der Waals surface area contributed by atoms with Gasteiger partial charge >= 0.3 is 18.4 Å². The number of halogens is 7. The van der Waals surface area contributed by atoms with Crippen LogP contribution in [-0.4, -0.2) is 65.7 Å². The largest absolute Gasteiger partial charge is 0.421 e. The fourth-order valence-electron chi connectivity index (χ4n) is 3.41. The predicted molar refractivity (Wildman–Crippen MR) is 89.2 cm³/mol. The maximum Gasteiger partial charge on any atom is 0.421 e. The van der Waals surface area contributed by atoms with Crippen LogP contribution in [0, 0.1) is 5.92 Å². The van der Waals surface area contributed by atoms with Crippen LogP contribution in [0.5, 0.6) is 0 Å². The molecule has 1 N–H and O–H groups in total. The van der Waals surface area contributed by atoms with E-state index in [1.807, 2.05) is 0 Å². The zero-order chi connectivity index (χ0) is 21.9. The lowest BCUT2D eigenvalue weighted by molar-refractivity contribution is -0.322. The number of carbonyl (C=O) groups is 2. The van der Waals surface area contributed by atoms with Gasteiger partial charge in [-0.25, -0.2) is 9.79 Å². The molecule has 13 heteroatoms. The highest BCUT2D eigenvalue weighted by molar-refractivity contribution is 6.30. The lowest BCUT2D eigenvalue weighted by atomic mass is 9.76. The van der Waals surface area contributed by atoms with Gasteiger partial charge < -0.3 is 10.2 Å². The molecule has 6 nitrogen and oxygen atoms in total. The number of fused-ring (bicyclic) bond motifs is 1. The highest BCUT2D eigenvalue weighted by Crippen LogP contribution is 2.52. The lowest BCUT2D eigenvalue weighted by Crippen LogP contribution is -2.80. The van der Waals surface area contributed by atoms with Gasteiger partial charge in [0.2, 0.25) is 11.4 Å². The quantitative estimate of drug-likeness (QED) is 0.680. The molecule has 0 radical (unpaired) electrons. The number of hydrogen-bond acceptors (Lipinski definition) is 4. The van der Waals surface area contributed by atoms with Crippen molar-refractivity contribution in [3.63, 3.8) is 0 Å². The van der Waals surface area contributed by atoms with Crippen LogP contribution in [0.2, 0.25) is 5.02 Å². The first-order chi connectivity index (χ1) is 13.2. The Balaban J connectivity index is 2.30. The van der Waals surface area contributed by atoms with Crippen LogP contribution in [0.1, 0.15) is 5.56 Å². The Morgan fingerprint density at radius 3 is 2.03 bits per heavy atom.